The van der Waals surface area contributed by atoms with Crippen molar-refractivity contribution in [3.63, 3.8) is 0 Å². The Morgan fingerprint density at radius 3 is 2.03 bits per heavy atom. The number of amides is 1. The Morgan fingerprint density at radius 2 is 1.60 bits per heavy atom. The Hall–Kier alpha value is -2.77. The second kappa shape index (κ2) is 9.82. The summed E-state index contributed by atoms with van der Waals surface area (Å²) in [4.78, 5) is 20.1. The molecule has 2 rings (SSSR count). The number of ether oxygens (including phenoxy) is 2. The van der Waals surface area contributed by atoms with Crippen molar-refractivity contribution in [1.82, 2.24) is 0 Å². The molecule has 0 heterocycles. The minimum atomic E-state index is -0.282. The van der Waals surface area contributed by atoms with E-state index in [1.165, 1.54) is 0 Å². The molecule has 0 aromatic heterocycles. The first kappa shape index (κ1) is 23.5. The van der Waals surface area contributed by atoms with Crippen molar-refractivity contribution < 1.29 is 23.6 Å². The second-order valence-corrected chi connectivity index (χ2v) is 8.28. The number of rotatable bonds is 9. The lowest BCUT2D eigenvalue weighted by Gasteiger charge is -2.41. The van der Waals surface area contributed by atoms with E-state index in [-0.39, 0.29) is 17.9 Å². The molecule has 7 nitrogen and oxygen atoms in total. The number of hydrogen-bond donors (Lipinski definition) is 1. The largest absolute Gasteiger partial charge is 0.496 e. The van der Waals surface area contributed by atoms with Crippen LogP contribution in [0.15, 0.2) is 42.5 Å². The zero-order valence-corrected chi connectivity index (χ0v) is 19.0. The number of hydrogen-bond acceptors (Lipinski definition) is 5. The fraction of sp³-hybridized carbons (Fsp3) is 0.435. The summed E-state index contributed by atoms with van der Waals surface area (Å²) in [5.41, 5.74) is 1.72. The zero-order chi connectivity index (χ0) is 22.5. The molecule has 0 bridgehead atoms. The highest BCUT2D eigenvalue weighted by atomic mass is 16.6. The summed E-state index contributed by atoms with van der Waals surface area (Å²) in [5, 5.41) is 0. The van der Waals surface area contributed by atoms with Gasteiger partial charge in [-0.2, -0.15) is 5.90 Å². The molecule has 1 amide bonds. The van der Waals surface area contributed by atoms with E-state index in [0.717, 1.165) is 11.3 Å². The van der Waals surface area contributed by atoms with Crippen LogP contribution in [0.4, 0.5) is 5.69 Å². The van der Waals surface area contributed by atoms with Crippen molar-refractivity contribution in [2.75, 3.05) is 40.3 Å². The highest BCUT2D eigenvalue weighted by Crippen LogP contribution is 2.37. The number of nitrogens with zero attached hydrogens (tertiary/aromatic N) is 2. The van der Waals surface area contributed by atoms with Gasteiger partial charge in [-0.05, 0) is 12.1 Å². The number of carbonyl (C=O) groups excluding carboxylic acids is 1. The number of likely N-dealkylation sites (N-methyl/N-ethyl adjacent to an activating group) is 2. The summed E-state index contributed by atoms with van der Waals surface area (Å²) in [7, 11) is 9.10. The maximum Gasteiger partial charge on any atom is 0.285 e. The molecule has 2 aromatic rings. The van der Waals surface area contributed by atoms with E-state index >= 15 is 0 Å². The van der Waals surface area contributed by atoms with E-state index in [9.17, 15) is 4.79 Å². The van der Waals surface area contributed by atoms with E-state index in [4.69, 9.17) is 20.2 Å². The van der Waals surface area contributed by atoms with Crippen LogP contribution in [0.3, 0.4) is 0 Å². The topological polar surface area (TPSA) is 74.0 Å². The monoisotopic (exact) mass is 416 g/mol. The Balaban J connectivity index is 2.43. The van der Waals surface area contributed by atoms with Gasteiger partial charge in [0.25, 0.3) is 5.91 Å². The number of methoxy groups -OCH3 is 2. The molecular formula is C23H34N3O4+. The molecule has 164 valence electrons. The third kappa shape index (κ3) is 5.04. The van der Waals surface area contributed by atoms with Gasteiger partial charge in [-0.3, -0.25) is 4.79 Å². The maximum atomic E-state index is 13.5. The van der Waals surface area contributed by atoms with Crippen LogP contribution in [0.2, 0.25) is 0 Å². The Morgan fingerprint density at radius 1 is 1.07 bits per heavy atom. The smallest absolute Gasteiger partial charge is 0.285 e. The van der Waals surface area contributed by atoms with Crippen LogP contribution in [-0.2, 0) is 11.3 Å². The summed E-state index contributed by atoms with van der Waals surface area (Å²) < 4.78 is 11.6. The van der Waals surface area contributed by atoms with Gasteiger partial charge in [0.2, 0.25) is 0 Å². The van der Waals surface area contributed by atoms with E-state index in [2.05, 4.69) is 13.8 Å². The number of benzene rings is 2. The fourth-order valence-electron chi connectivity index (χ4n) is 4.06. The van der Waals surface area contributed by atoms with Crippen LogP contribution < -0.4 is 25.1 Å². The molecule has 0 radical (unpaired) electrons. The minimum Gasteiger partial charge on any atom is -0.496 e. The van der Waals surface area contributed by atoms with Gasteiger partial charge in [0.05, 0.1) is 33.9 Å². The van der Waals surface area contributed by atoms with Crippen LogP contribution >= 0.6 is 0 Å². The van der Waals surface area contributed by atoms with Crippen LogP contribution in [0, 0.1) is 5.92 Å². The highest BCUT2D eigenvalue weighted by Gasteiger charge is 2.41. The van der Waals surface area contributed by atoms with Crippen molar-refractivity contribution >= 4 is 11.6 Å². The predicted octanol–water partition coefficient (Wildman–Crippen LogP) is 3.22. The standard InChI is InChI=1S/C23H34N3O4/c1-16(2)22(23(27)25(3)17-11-9-8-10-12-17)26(4,5)15-19-20(28-6)13-18(30-24)14-21(19)29-7/h8-14,16,22H,15,24H2,1-7H3/q+1. The predicted molar refractivity (Wildman–Crippen MR) is 119 cm³/mol. The first-order valence-corrected chi connectivity index (χ1v) is 9.93. The molecular weight excluding hydrogens is 382 g/mol. The summed E-state index contributed by atoms with van der Waals surface area (Å²) >= 11 is 0. The van der Waals surface area contributed by atoms with E-state index < -0.39 is 0 Å². The lowest BCUT2D eigenvalue weighted by molar-refractivity contribution is -0.922. The molecule has 0 saturated heterocycles. The first-order chi connectivity index (χ1) is 14.2. The average Bonchev–Trinajstić information content (AvgIpc) is 2.73. The van der Waals surface area contributed by atoms with E-state index in [0.29, 0.717) is 28.3 Å². The molecule has 7 heteroatoms. The zero-order valence-electron chi connectivity index (χ0n) is 19.0. The molecule has 0 aliphatic heterocycles. The van der Waals surface area contributed by atoms with Crippen molar-refractivity contribution in [2.45, 2.75) is 26.4 Å². The SMILES string of the molecule is COc1cc(ON)cc(OC)c1C[N+](C)(C)C(C(=O)N(C)c1ccccc1)C(C)C. The van der Waals surface area contributed by atoms with Crippen LogP contribution in [0.1, 0.15) is 19.4 Å². The molecule has 0 aliphatic rings. The normalized spacial score (nSPS) is 12.4. The molecule has 2 N–H and O–H groups in total. The quantitative estimate of drug-likeness (QED) is 0.502. The van der Waals surface area contributed by atoms with Gasteiger partial charge in [-0.1, -0.05) is 32.0 Å². The second-order valence-electron chi connectivity index (χ2n) is 8.28. The molecule has 1 atom stereocenters. The number of carbonyl (C=O) groups is 1. The molecule has 2 aromatic carbocycles. The number of anilines is 1. The van der Waals surface area contributed by atoms with Gasteiger partial charge in [-0.25, -0.2) is 0 Å². The maximum absolute atomic E-state index is 13.5. The van der Waals surface area contributed by atoms with Gasteiger partial charge in [0.15, 0.2) is 11.8 Å². The Kier molecular flexibility index (Phi) is 7.70. The Labute approximate surface area is 179 Å². The number of quaternary nitrogens is 1. The molecule has 0 spiro atoms. The molecule has 0 aliphatic carbocycles. The van der Waals surface area contributed by atoms with Gasteiger partial charge in [-0.15, -0.1) is 0 Å². The summed E-state index contributed by atoms with van der Waals surface area (Å²) in [6, 6.07) is 12.8. The van der Waals surface area contributed by atoms with E-state index in [1.807, 2.05) is 51.5 Å². The summed E-state index contributed by atoms with van der Waals surface area (Å²) in [6.45, 7) is 4.66. The van der Waals surface area contributed by atoms with Gasteiger partial charge in [0.1, 0.15) is 18.0 Å². The van der Waals surface area contributed by atoms with Gasteiger partial charge >= 0.3 is 0 Å². The lowest BCUT2D eigenvalue weighted by atomic mass is 9.97. The number of para-hydroxylation sites is 1. The molecule has 1 unspecified atom stereocenters. The first-order valence-electron chi connectivity index (χ1n) is 9.93. The van der Waals surface area contributed by atoms with Crippen molar-refractivity contribution in [3.05, 3.63) is 48.0 Å². The van der Waals surface area contributed by atoms with Gasteiger partial charge in [0, 0.05) is 30.8 Å². The van der Waals surface area contributed by atoms with Crippen LogP contribution in [-0.4, -0.2) is 51.8 Å². The Bertz CT molecular complexity index is 828. The van der Waals surface area contributed by atoms with E-state index in [1.54, 1.807) is 31.3 Å². The van der Waals surface area contributed by atoms with Gasteiger partial charge < -0.3 is 23.7 Å². The van der Waals surface area contributed by atoms with Crippen LogP contribution in [0.5, 0.6) is 17.2 Å². The molecule has 30 heavy (non-hydrogen) atoms. The minimum absolute atomic E-state index is 0.0565. The number of nitrogens with two attached hydrogens (primary N) is 1. The molecule has 0 saturated carbocycles. The third-order valence-corrected chi connectivity index (χ3v) is 5.39. The third-order valence-electron chi connectivity index (χ3n) is 5.39. The lowest BCUT2D eigenvalue weighted by Crippen LogP contribution is -2.58. The van der Waals surface area contributed by atoms with Crippen molar-refractivity contribution in [2.24, 2.45) is 11.8 Å². The fourth-order valence-corrected chi connectivity index (χ4v) is 4.06. The molecule has 0 fully saturated rings. The van der Waals surface area contributed by atoms with Crippen molar-refractivity contribution in [1.29, 1.82) is 0 Å². The average molecular weight is 417 g/mol. The summed E-state index contributed by atoms with van der Waals surface area (Å²) in [6.07, 6.45) is 0. The highest BCUT2D eigenvalue weighted by molar-refractivity contribution is 5.96. The van der Waals surface area contributed by atoms with Crippen LogP contribution in [0.25, 0.3) is 0 Å². The summed E-state index contributed by atoms with van der Waals surface area (Å²) in [5.74, 6) is 7.15. The van der Waals surface area contributed by atoms with Crippen molar-refractivity contribution in [3.8, 4) is 17.2 Å².